The summed E-state index contributed by atoms with van der Waals surface area (Å²) in [6, 6.07) is 39.3. The highest BCUT2D eigenvalue weighted by Crippen LogP contribution is 2.50. The van der Waals surface area contributed by atoms with Crippen LogP contribution in [0.25, 0.3) is 44.5 Å². The lowest BCUT2D eigenvalue weighted by Gasteiger charge is -2.24. The molecule has 0 nitrogen and oxygen atoms in total. The summed E-state index contributed by atoms with van der Waals surface area (Å²) in [6.45, 7) is 9.26. The molecule has 5 rings (SSSR count). The van der Waals surface area contributed by atoms with Gasteiger partial charge in [-0.2, -0.15) is 0 Å². The van der Waals surface area contributed by atoms with Crippen LogP contribution in [0.1, 0.15) is 307 Å². The van der Waals surface area contributed by atoms with E-state index in [1.165, 1.54) is 356 Å². The Bertz CT molecular complexity index is 1960. The number of halogens is 2. The van der Waals surface area contributed by atoms with Crippen molar-refractivity contribution in [1.29, 1.82) is 0 Å². The summed E-state index contributed by atoms with van der Waals surface area (Å²) in [5.74, 6) is 0. The summed E-state index contributed by atoms with van der Waals surface area (Å²) in [7, 11) is 0. The lowest BCUT2D eigenvalue weighted by molar-refractivity contribution is 0.556. The van der Waals surface area contributed by atoms with Gasteiger partial charge in [0.05, 0.1) is 0 Å². The Kier molecular flexibility index (Phi) is 37.7. The Hall–Kier alpha value is -2.44. The Balaban J connectivity index is 1.41. The van der Waals surface area contributed by atoms with Crippen LogP contribution in [0.5, 0.6) is 0 Å². The van der Waals surface area contributed by atoms with Crippen molar-refractivity contribution in [2.24, 2.45) is 0 Å². The van der Waals surface area contributed by atoms with E-state index in [1.807, 2.05) is 0 Å². The fraction of sp³-hybridized carbons (Fsp3) is 0.615. The van der Waals surface area contributed by atoms with Gasteiger partial charge in [0.1, 0.15) is 0 Å². The molecule has 0 aliphatic heterocycles. The number of aryl methyl sites for hydroxylation is 4. The van der Waals surface area contributed by atoms with Gasteiger partial charge >= 0.3 is 0 Å². The summed E-state index contributed by atoms with van der Waals surface area (Å²) in [5, 5.41) is 0. The standard InChI is InChI=1S/C78H116I2/c1-5-9-13-17-21-25-29-33-37-41-45-65-49-57-69(58-50-65)73-74(70-59-51-66(52-60-70)46-42-38-34-30-26-22-18-14-10-6-2)78(80)76(72-63-55-68(56-64-72)48-44-40-36-32-28-24-20-16-12-8-4)75(77(73)79)71-61-53-67(54-62-71)47-43-39-35-31-27-23-19-15-11-7-3/h49-64H,5-48H2,1-4H3. The van der Waals surface area contributed by atoms with Gasteiger partial charge in [-0.25, -0.2) is 0 Å². The molecule has 0 aliphatic carbocycles. The first kappa shape index (κ1) is 68.3. The molecule has 442 valence electrons. The SMILES string of the molecule is CCCCCCCCCCCCc1ccc(-c2c(I)c(-c3ccc(CCCCCCCCCCCC)cc3)c(-c3ccc(CCCCCCCCCCCC)cc3)c(I)c2-c2ccc(CCCCCCCCCCCC)cc2)cc1. The third-order valence-electron chi connectivity index (χ3n) is 17.6. The summed E-state index contributed by atoms with van der Waals surface area (Å²) < 4.78 is 2.73. The van der Waals surface area contributed by atoms with Crippen molar-refractivity contribution in [3.05, 3.63) is 126 Å². The van der Waals surface area contributed by atoms with Crippen LogP contribution in [-0.2, 0) is 25.7 Å². The van der Waals surface area contributed by atoms with Crippen molar-refractivity contribution in [2.75, 3.05) is 0 Å². The normalized spacial score (nSPS) is 11.6. The Labute approximate surface area is 522 Å². The Morgan fingerprint density at radius 1 is 0.188 bits per heavy atom. The molecule has 0 unspecified atom stereocenters. The first-order valence-electron chi connectivity index (χ1n) is 34.4. The quantitative estimate of drug-likeness (QED) is 0.0269. The molecule has 5 aromatic rings. The molecule has 0 atom stereocenters. The third kappa shape index (κ3) is 26.6. The second kappa shape index (κ2) is 44.1. The second-order valence-electron chi connectivity index (χ2n) is 24.6. The number of hydrogen-bond acceptors (Lipinski definition) is 0. The van der Waals surface area contributed by atoms with Crippen molar-refractivity contribution in [2.45, 2.75) is 310 Å². The van der Waals surface area contributed by atoms with Gasteiger partial charge in [0.2, 0.25) is 0 Å². The summed E-state index contributed by atoms with van der Waals surface area (Å²) in [5.41, 5.74) is 16.8. The minimum Gasteiger partial charge on any atom is -0.0654 e. The van der Waals surface area contributed by atoms with Gasteiger partial charge < -0.3 is 0 Å². The monoisotopic (exact) mass is 1310 g/mol. The van der Waals surface area contributed by atoms with Crippen LogP contribution >= 0.6 is 45.2 Å². The van der Waals surface area contributed by atoms with E-state index in [2.05, 4.69) is 170 Å². The Morgan fingerprint density at radius 3 is 0.475 bits per heavy atom. The highest BCUT2D eigenvalue weighted by Gasteiger charge is 2.26. The zero-order valence-corrected chi connectivity index (χ0v) is 56.4. The van der Waals surface area contributed by atoms with E-state index >= 15 is 0 Å². The van der Waals surface area contributed by atoms with Crippen molar-refractivity contribution in [3.8, 4) is 44.5 Å². The molecule has 0 radical (unpaired) electrons. The first-order chi connectivity index (χ1) is 39.5. The second-order valence-corrected chi connectivity index (χ2v) is 26.8. The average Bonchev–Trinajstić information content (AvgIpc) is 3.56. The molecule has 0 aromatic heterocycles. The van der Waals surface area contributed by atoms with Gasteiger partial charge in [-0.1, -0.05) is 356 Å². The molecule has 0 saturated carbocycles. The highest BCUT2D eigenvalue weighted by molar-refractivity contribution is 14.1. The minimum atomic E-state index is 1.17. The van der Waals surface area contributed by atoms with Crippen LogP contribution in [-0.4, -0.2) is 0 Å². The van der Waals surface area contributed by atoms with Crippen LogP contribution < -0.4 is 0 Å². The molecule has 0 amide bonds. The van der Waals surface area contributed by atoms with Crippen LogP contribution in [0.2, 0.25) is 0 Å². The van der Waals surface area contributed by atoms with E-state index in [4.69, 9.17) is 0 Å². The zero-order chi connectivity index (χ0) is 56.5. The lowest BCUT2D eigenvalue weighted by atomic mass is 9.84. The summed E-state index contributed by atoms with van der Waals surface area (Å²) >= 11 is 5.54. The van der Waals surface area contributed by atoms with Gasteiger partial charge in [0, 0.05) is 29.4 Å². The maximum Gasteiger partial charge on any atom is 0.0300 e. The topological polar surface area (TPSA) is 0 Å². The van der Waals surface area contributed by atoms with Gasteiger partial charge in [0.25, 0.3) is 0 Å². The van der Waals surface area contributed by atoms with Crippen molar-refractivity contribution < 1.29 is 0 Å². The molecular formula is C78H116I2. The summed E-state index contributed by atoms with van der Waals surface area (Å²) in [4.78, 5) is 0. The maximum atomic E-state index is 2.77. The Morgan fingerprint density at radius 2 is 0.325 bits per heavy atom. The highest BCUT2D eigenvalue weighted by atomic mass is 127. The molecule has 0 heterocycles. The van der Waals surface area contributed by atoms with Crippen LogP contribution in [0.15, 0.2) is 97.1 Å². The molecule has 0 bridgehead atoms. The molecule has 5 aromatic carbocycles. The van der Waals surface area contributed by atoms with Crippen molar-refractivity contribution in [1.82, 2.24) is 0 Å². The average molecular weight is 1310 g/mol. The summed E-state index contributed by atoms with van der Waals surface area (Å²) in [6.07, 6.45) is 59.9. The maximum absolute atomic E-state index is 2.77. The van der Waals surface area contributed by atoms with Gasteiger partial charge in [-0.15, -0.1) is 0 Å². The smallest absolute Gasteiger partial charge is 0.0300 e. The van der Waals surface area contributed by atoms with E-state index in [-0.39, 0.29) is 0 Å². The molecule has 80 heavy (non-hydrogen) atoms. The first-order valence-corrected chi connectivity index (χ1v) is 36.6. The van der Waals surface area contributed by atoms with E-state index in [0.717, 1.165) is 0 Å². The molecule has 2 heteroatoms. The van der Waals surface area contributed by atoms with E-state index < -0.39 is 0 Å². The molecule has 0 spiro atoms. The predicted octanol–water partition coefficient (Wildman–Crippen LogP) is 27.4. The number of benzene rings is 5. The van der Waals surface area contributed by atoms with Crippen LogP contribution in [0, 0.1) is 7.14 Å². The fourth-order valence-corrected chi connectivity index (χ4v) is 14.7. The van der Waals surface area contributed by atoms with Gasteiger partial charge in [-0.3, -0.25) is 0 Å². The largest absolute Gasteiger partial charge is 0.0654 e. The lowest BCUT2D eigenvalue weighted by Crippen LogP contribution is -2.02. The predicted molar refractivity (Wildman–Crippen MR) is 376 cm³/mol. The van der Waals surface area contributed by atoms with E-state index in [1.54, 1.807) is 0 Å². The van der Waals surface area contributed by atoms with Crippen LogP contribution in [0.3, 0.4) is 0 Å². The zero-order valence-electron chi connectivity index (χ0n) is 52.1. The van der Waals surface area contributed by atoms with Gasteiger partial charge in [-0.05, 0) is 141 Å². The molecular weight excluding hydrogens is 1190 g/mol. The number of unbranched alkanes of at least 4 members (excludes halogenated alkanes) is 36. The minimum absolute atomic E-state index is 1.17. The fourth-order valence-electron chi connectivity index (χ4n) is 12.4. The van der Waals surface area contributed by atoms with Crippen molar-refractivity contribution >= 4 is 45.2 Å². The van der Waals surface area contributed by atoms with Crippen molar-refractivity contribution in [3.63, 3.8) is 0 Å². The van der Waals surface area contributed by atoms with E-state index in [0.29, 0.717) is 0 Å². The number of rotatable bonds is 48. The van der Waals surface area contributed by atoms with Crippen LogP contribution in [0.4, 0.5) is 0 Å². The number of hydrogen-bond donors (Lipinski definition) is 0. The molecule has 0 saturated heterocycles. The van der Waals surface area contributed by atoms with E-state index in [9.17, 15) is 0 Å². The van der Waals surface area contributed by atoms with Gasteiger partial charge in [0.15, 0.2) is 0 Å². The molecule has 0 fully saturated rings. The third-order valence-corrected chi connectivity index (χ3v) is 19.8. The molecule has 0 N–H and O–H groups in total. The molecule has 0 aliphatic rings.